The van der Waals surface area contributed by atoms with E-state index in [0.29, 0.717) is 0 Å². The fourth-order valence-electron chi connectivity index (χ4n) is 7.59. The summed E-state index contributed by atoms with van der Waals surface area (Å²) >= 11 is 0. The zero-order chi connectivity index (χ0) is 29.5. The first kappa shape index (κ1) is 24.5. The highest BCUT2D eigenvalue weighted by molar-refractivity contribution is 6.27. The van der Waals surface area contributed by atoms with Crippen molar-refractivity contribution in [3.05, 3.63) is 158 Å². The van der Waals surface area contributed by atoms with Crippen molar-refractivity contribution >= 4 is 65.0 Å². The highest BCUT2D eigenvalue weighted by atomic mass is 16.3. The number of rotatable bonds is 3. The van der Waals surface area contributed by atoms with Crippen molar-refractivity contribution in [3.8, 4) is 33.4 Å². The van der Waals surface area contributed by atoms with Gasteiger partial charge in [0.2, 0.25) is 0 Å². The third kappa shape index (κ3) is 3.56. The van der Waals surface area contributed by atoms with Crippen molar-refractivity contribution in [2.75, 3.05) is 0 Å². The van der Waals surface area contributed by atoms with E-state index >= 15 is 0 Å². The maximum Gasteiger partial charge on any atom is 0.143 e. The molecule has 1 aromatic heterocycles. The molecular weight excluding hydrogens is 544 g/mol. The summed E-state index contributed by atoms with van der Waals surface area (Å²) in [5.41, 5.74) is 9.20. The third-order valence-corrected chi connectivity index (χ3v) is 9.61. The molecule has 0 radical (unpaired) electrons. The number of furan rings is 1. The monoisotopic (exact) mass is 570 g/mol. The lowest BCUT2D eigenvalue weighted by molar-refractivity contribution is 0.670. The van der Waals surface area contributed by atoms with Gasteiger partial charge >= 0.3 is 0 Å². The summed E-state index contributed by atoms with van der Waals surface area (Å²) in [5.74, 6) is 0. The van der Waals surface area contributed by atoms with E-state index in [1.807, 2.05) is 6.07 Å². The lowest BCUT2D eigenvalue weighted by Crippen LogP contribution is -1.90. The van der Waals surface area contributed by atoms with Crippen LogP contribution in [0.3, 0.4) is 0 Å². The summed E-state index contributed by atoms with van der Waals surface area (Å²) in [7, 11) is 0. The van der Waals surface area contributed by atoms with Gasteiger partial charge in [-0.05, 0) is 89.1 Å². The van der Waals surface area contributed by atoms with Crippen LogP contribution in [0.2, 0.25) is 0 Å². The van der Waals surface area contributed by atoms with Crippen molar-refractivity contribution in [1.29, 1.82) is 0 Å². The first-order valence-corrected chi connectivity index (χ1v) is 15.5. The summed E-state index contributed by atoms with van der Waals surface area (Å²) in [6.45, 7) is 0. The van der Waals surface area contributed by atoms with Gasteiger partial charge in [0.25, 0.3) is 0 Å². The van der Waals surface area contributed by atoms with Crippen LogP contribution in [-0.2, 0) is 0 Å². The van der Waals surface area contributed by atoms with Gasteiger partial charge in [0, 0.05) is 16.3 Å². The molecule has 0 unspecified atom stereocenters. The van der Waals surface area contributed by atoms with E-state index in [4.69, 9.17) is 4.42 Å². The molecule has 0 bridgehead atoms. The lowest BCUT2D eigenvalue weighted by atomic mass is 9.86. The van der Waals surface area contributed by atoms with Crippen molar-refractivity contribution < 1.29 is 4.42 Å². The molecule has 0 N–H and O–H groups in total. The van der Waals surface area contributed by atoms with Gasteiger partial charge in [-0.25, -0.2) is 0 Å². The summed E-state index contributed by atoms with van der Waals surface area (Å²) in [4.78, 5) is 0. The Morgan fingerprint density at radius 1 is 0.311 bits per heavy atom. The summed E-state index contributed by atoms with van der Waals surface area (Å²) < 4.78 is 6.42. The number of hydrogen-bond acceptors (Lipinski definition) is 1. The Morgan fingerprint density at radius 3 is 1.76 bits per heavy atom. The Kier molecular flexibility index (Phi) is 5.06. The molecule has 0 aliphatic carbocycles. The molecule has 0 aliphatic rings. The van der Waals surface area contributed by atoms with Crippen LogP contribution in [0.5, 0.6) is 0 Å². The molecular formula is C44H26O. The Balaban J connectivity index is 1.20. The number of hydrogen-bond donors (Lipinski definition) is 0. The van der Waals surface area contributed by atoms with E-state index in [-0.39, 0.29) is 0 Å². The van der Waals surface area contributed by atoms with Crippen LogP contribution in [0, 0.1) is 0 Å². The van der Waals surface area contributed by atoms with Crippen LogP contribution in [0.15, 0.2) is 162 Å². The maximum absolute atomic E-state index is 6.42. The second-order valence-corrected chi connectivity index (χ2v) is 12.0. The predicted molar refractivity (Wildman–Crippen MR) is 191 cm³/mol. The number of fused-ring (bicyclic) bond motifs is 4. The van der Waals surface area contributed by atoms with Crippen LogP contribution >= 0.6 is 0 Å². The Hall–Kier alpha value is -5.92. The molecule has 10 rings (SSSR count). The van der Waals surface area contributed by atoms with Crippen molar-refractivity contribution in [2.45, 2.75) is 0 Å². The van der Waals surface area contributed by atoms with Crippen molar-refractivity contribution in [3.63, 3.8) is 0 Å². The Morgan fingerprint density at radius 2 is 0.911 bits per heavy atom. The van der Waals surface area contributed by atoms with Crippen LogP contribution in [0.25, 0.3) is 98.4 Å². The quantitative estimate of drug-likeness (QED) is 0.193. The van der Waals surface area contributed by atoms with Gasteiger partial charge in [-0.15, -0.1) is 0 Å². The van der Waals surface area contributed by atoms with Gasteiger partial charge in [-0.2, -0.15) is 0 Å². The van der Waals surface area contributed by atoms with E-state index in [2.05, 4.69) is 152 Å². The first-order valence-electron chi connectivity index (χ1n) is 15.5. The van der Waals surface area contributed by atoms with Gasteiger partial charge in [0.15, 0.2) is 0 Å². The zero-order valence-corrected chi connectivity index (χ0v) is 24.4. The molecule has 208 valence electrons. The van der Waals surface area contributed by atoms with E-state index in [9.17, 15) is 0 Å². The minimum Gasteiger partial charge on any atom is -0.455 e. The number of benzene rings is 9. The van der Waals surface area contributed by atoms with Crippen LogP contribution in [0.4, 0.5) is 0 Å². The minimum absolute atomic E-state index is 0.925. The second kappa shape index (κ2) is 9.29. The normalized spacial score (nSPS) is 12.0. The highest BCUT2D eigenvalue weighted by Gasteiger charge is 2.17. The molecule has 0 spiro atoms. The van der Waals surface area contributed by atoms with Crippen LogP contribution in [0.1, 0.15) is 0 Å². The summed E-state index contributed by atoms with van der Waals surface area (Å²) in [5, 5.41) is 12.5. The maximum atomic E-state index is 6.42. The molecule has 1 nitrogen and oxygen atoms in total. The molecule has 0 atom stereocenters. The molecule has 1 heterocycles. The average Bonchev–Trinajstić information content (AvgIpc) is 3.49. The molecule has 0 amide bonds. The average molecular weight is 571 g/mol. The third-order valence-electron chi connectivity index (χ3n) is 9.61. The Labute approximate surface area is 259 Å². The van der Waals surface area contributed by atoms with Crippen molar-refractivity contribution in [1.82, 2.24) is 0 Å². The predicted octanol–water partition coefficient (Wildman–Crippen LogP) is 12.6. The van der Waals surface area contributed by atoms with Gasteiger partial charge in [-0.1, -0.05) is 140 Å². The summed E-state index contributed by atoms with van der Waals surface area (Å²) in [6.07, 6.45) is 0. The molecule has 0 fully saturated rings. The van der Waals surface area contributed by atoms with Gasteiger partial charge < -0.3 is 4.42 Å². The SMILES string of the molecule is c1ccc(-c2ccc(-c3ccc4ccc5cc(-c6cccc7c6oc6ccccc67)cc6ccc3c4c56)c3ccccc23)cc1. The Bertz CT molecular complexity index is 2730. The second-order valence-electron chi connectivity index (χ2n) is 12.0. The van der Waals surface area contributed by atoms with Gasteiger partial charge in [0.1, 0.15) is 11.2 Å². The highest BCUT2D eigenvalue weighted by Crippen LogP contribution is 2.44. The number of para-hydroxylation sites is 2. The van der Waals surface area contributed by atoms with E-state index < -0.39 is 0 Å². The topological polar surface area (TPSA) is 13.1 Å². The van der Waals surface area contributed by atoms with Crippen molar-refractivity contribution in [2.24, 2.45) is 0 Å². The van der Waals surface area contributed by atoms with Crippen LogP contribution in [-0.4, -0.2) is 0 Å². The zero-order valence-electron chi connectivity index (χ0n) is 24.4. The van der Waals surface area contributed by atoms with Crippen LogP contribution < -0.4 is 0 Å². The largest absolute Gasteiger partial charge is 0.455 e. The van der Waals surface area contributed by atoms with E-state index in [0.717, 1.165) is 27.5 Å². The summed E-state index contributed by atoms with van der Waals surface area (Å²) in [6, 6.07) is 57.3. The van der Waals surface area contributed by atoms with Gasteiger partial charge in [0.05, 0.1) is 0 Å². The lowest BCUT2D eigenvalue weighted by Gasteiger charge is -2.17. The molecule has 0 aliphatic heterocycles. The van der Waals surface area contributed by atoms with E-state index in [1.165, 1.54) is 70.9 Å². The van der Waals surface area contributed by atoms with E-state index in [1.54, 1.807) is 0 Å². The molecule has 10 aromatic rings. The minimum atomic E-state index is 0.925. The standard InChI is InChI=1S/C44H26O/c1-2-9-27(10-3-1)32-23-24-36(35-12-5-4-11-34(32)35)37-21-19-28-17-18-29-25-31(26-30-20-22-39(37)43(28)42(29)30)33-14-8-15-40-38-13-6-7-16-41(38)45-44(33)40/h1-26H. The fraction of sp³-hybridized carbons (Fsp3) is 0. The smallest absolute Gasteiger partial charge is 0.143 e. The molecule has 1 heteroatoms. The van der Waals surface area contributed by atoms with Gasteiger partial charge in [-0.3, -0.25) is 0 Å². The molecule has 0 saturated carbocycles. The molecule has 45 heavy (non-hydrogen) atoms. The fourth-order valence-corrected chi connectivity index (χ4v) is 7.59. The first-order chi connectivity index (χ1) is 22.3. The molecule has 0 saturated heterocycles. The molecule has 9 aromatic carbocycles.